The van der Waals surface area contributed by atoms with E-state index in [9.17, 15) is 13.2 Å². The molecule has 1 N–H and O–H groups in total. The quantitative estimate of drug-likeness (QED) is 0.830. The van der Waals surface area contributed by atoms with E-state index in [0.29, 0.717) is 17.7 Å². The molecule has 1 amide bonds. The van der Waals surface area contributed by atoms with E-state index in [1.165, 1.54) is 4.31 Å². The average Bonchev–Trinajstić information content (AvgIpc) is 2.46. The van der Waals surface area contributed by atoms with Crippen LogP contribution in [0.1, 0.15) is 32.3 Å². The monoisotopic (exact) mass is 323 g/mol. The molecule has 0 saturated heterocycles. The molecule has 0 aromatic heterocycles. The number of benzene rings is 1. The lowest BCUT2D eigenvalue weighted by Gasteiger charge is -2.25. The Kier molecular flexibility index (Phi) is 6.53. The molecule has 1 unspecified atom stereocenters. The number of nitriles is 1. The molecule has 0 aliphatic carbocycles. The fourth-order valence-corrected chi connectivity index (χ4v) is 3.26. The van der Waals surface area contributed by atoms with Crippen molar-refractivity contribution in [3.8, 4) is 6.07 Å². The molecule has 0 fully saturated rings. The number of carbonyl (C=O) groups is 1. The Hall–Kier alpha value is -1.91. The molecule has 0 heterocycles. The summed E-state index contributed by atoms with van der Waals surface area (Å²) in [5.74, 6) is -0.320. The van der Waals surface area contributed by atoms with Crippen LogP contribution < -0.4 is 5.32 Å². The highest BCUT2D eigenvalue weighted by atomic mass is 32.2. The summed E-state index contributed by atoms with van der Waals surface area (Å²) in [4.78, 5) is 12.0. The number of anilines is 1. The summed E-state index contributed by atoms with van der Waals surface area (Å²) in [5.41, 5.74) is 0.808. The molecule has 1 aromatic carbocycles. The van der Waals surface area contributed by atoms with Gasteiger partial charge in [-0.05, 0) is 25.5 Å². The average molecular weight is 323 g/mol. The van der Waals surface area contributed by atoms with Crippen LogP contribution in [0.3, 0.4) is 0 Å². The van der Waals surface area contributed by atoms with Crippen LogP contribution in [0.4, 0.5) is 5.69 Å². The zero-order chi connectivity index (χ0) is 16.8. The standard InChI is InChI=1S/C15H21N3O3S/c1-4-12(2)18(22(3,20)21)10-9-15(19)17-14-8-6-5-7-13(14)11-16/h5-8,12H,4,9-10H2,1-3H3,(H,17,19). The highest BCUT2D eigenvalue weighted by Gasteiger charge is 2.22. The summed E-state index contributed by atoms with van der Waals surface area (Å²) >= 11 is 0. The molecular formula is C15H21N3O3S. The lowest BCUT2D eigenvalue weighted by atomic mass is 10.2. The van der Waals surface area contributed by atoms with Crippen molar-refractivity contribution in [2.24, 2.45) is 0 Å². The SMILES string of the molecule is CCC(C)N(CCC(=O)Nc1ccccc1C#N)S(C)(=O)=O. The van der Waals surface area contributed by atoms with Gasteiger partial charge in [-0.3, -0.25) is 4.79 Å². The van der Waals surface area contributed by atoms with Gasteiger partial charge in [0, 0.05) is 19.0 Å². The minimum absolute atomic E-state index is 0.0389. The minimum atomic E-state index is -3.36. The number of carbonyl (C=O) groups excluding carboxylic acids is 1. The van der Waals surface area contributed by atoms with Gasteiger partial charge in [0.1, 0.15) is 6.07 Å². The van der Waals surface area contributed by atoms with Gasteiger partial charge in [0.05, 0.1) is 17.5 Å². The number of hydrogen-bond donors (Lipinski definition) is 1. The Bertz CT molecular complexity index is 665. The van der Waals surface area contributed by atoms with Gasteiger partial charge in [0.15, 0.2) is 0 Å². The van der Waals surface area contributed by atoms with Gasteiger partial charge in [-0.15, -0.1) is 0 Å². The summed E-state index contributed by atoms with van der Waals surface area (Å²) in [6.45, 7) is 3.82. The molecular weight excluding hydrogens is 302 g/mol. The summed E-state index contributed by atoms with van der Waals surface area (Å²) in [7, 11) is -3.36. The molecule has 0 radical (unpaired) electrons. The predicted octanol–water partition coefficient (Wildman–Crippen LogP) is 1.95. The van der Waals surface area contributed by atoms with Crippen LogP contribution >= 0.6 is 0 Å². The number of nitrogens with one attached hydrogen (secondary N) is 1. The summed E-state index contributed by atoms with van der Waals surface area (Å²) in [5, 5.41) is 11.6. The number of sulfonamides is 1. The first-order valence-corrected chi connectivity index (χ1v) is 8.90. The number of para-hydroxylation sites is 1. The third-order valence-corrected chi connectivity index (χ3v) is 4.78. The van der Waals surface area contributed by atoms with Crippen molar-refractivity contribution in [3.05, 3.63) is 29.8 Å². The minimum Gasteiger partial charge on any atom is -0.325 e. The molecule has 120 valence electrons. The van der Waals surface area contributed by atoms with E-state index in [-0.39, 0.29) is 24.9 Å². The van der Waals surface area contributed by atoms with Crippen LogP contribution in [0.2, 0.25) is 0 Å². The Balaban J connectivity index is 2.71. The Morgan fingerprint density at radius 3 is 2.59 bits per heavy atom. The van der Waals surface area contributed by atoms with Crippen LogP contribution in [0.15, 0.2) is 24.3 Å². The third kappa shape index (κ3) is 5.13. The van der Waals surface area contributed by atoms with E-state index in [1.54, 1.807) is 24.3 Å². The van der Waals surface area contributed by atoms with Crippen molar-refractivity contribution in [3.63, 3.8) is 0 Å². The summed E-state index contributed by atoms with van der Waals surface area (Å²) < 4.78 is 24.8. The van der Waals surface area contributed by atoms with Crippen LogP contribution in [0.25, 0.3) is 0 Å². The first-order chi connectivity index (χ1) is 10.3. The molecule has 0 aliphatic rings. The maximum atomic E-state index is 12.0. The van der Waals surface area contributed by atoms with Crippen LogP contribution in [-0.4, -0.2) is 37.5 Å². The van der Waals surface area contributed by atoms with Gasteiger partial charge >= 0.3 is 0 Å². The number of rotatable bonds is 7. The Labute approximate surface area is 131 Å². The molecule has 0 bridgehead atoms. The molecule has 0 saturated carbocycles. The Morgan fingerprint density at radius 2 is 2.05 bits per heavy atom. The molecule has 7 heteroatoms. The molecule has 6 nitrogen and oxygen atoms in total. The van der Waals surface area contributed by atoms with Crippen molar-refractivity contribution in [2.45, 2.75) is 32.7 Å². The Morgan fingerprint density at radius 1 is 1.41 bits per heavy atom. The van der Waals surface area contributed by atoms with Gasteiger partial charge < -0.3 is 5.32 Å². The number of hydrogen-bond acceptors (Lipinski definition) is 4. The second-order valence-electron chi connectivity index (χ2n) is 5.09. The van der Waals surface area contributed by atoms with E-state index in [2.05, 4.69) is 5.32 Å². The molecule has 0 aliphatic heterocycles. The lowest BCUT2D eigenvalue weighted by Crippen LogP contribution is -2.39. The van der Waals surface area contributed by atoms with Gasteiger partial charge in [-0.2, -0.15) is 9.57 Å². The second-order valence-corrected chi connectivity index (χ2v) is 7.02. The van der Waals surface area contributed by atoms with Crippen molar-refractivity contribution in [1.82, 2.24) is 4.31 Å². The van der Waals surface area contributed by atoms with Crippen LogP contribution in [0.5, 0.6) is 0 Å². The van der Waals surface area contributed by atoms with Crippen molar-refractivity contribution in [1.29, 1.82) is 5.26 Å². The number of amides is 1. The molecule has 1 rings (SSSR count). The fraction of sp³-hybridized carbons (Fsp3) is 0.467. The normalized spacial score (nSPS) is 12.7. The molecule has 0 spiro atoms. The van der Waals surface area contributed by atoms with Gasteiger partial charge in [-0.1, -0.05) is 19.1 Å². The largest absolute Gasteiger partial charge is 0.325 e. The highest BCUT2D eigenvalue weighted by molar-refractivity contribution is 7.88. The van der Waals surface area contributed by atoms with Crippen LogP contribution in [0, 0.1) is 11.3 Å². The van der Waals surface area contributed by atoms with E-state index in [4.69, 9.17) is 5.26 Å². The predicted molar refractivity (Wildman–Crippen MR) is 85.7 cm³/mol. The van der Waals surface area contributed by atoms with Crippen molar-refractivity contribution >= 4 is 21.6 Å². The lowest BCUT2D eigenvalue weighted by molar-refractivity contribution is -0.116. The van der Waals surface area contributed by atoms with Gasteiger partial charge in [-0.25, -0.2) is 8.42 Å². The van der Waals surface area contributed by atoms with E-state index >= 15 is 0 Å². The molecule has 22 heavy (non-hydrogen) atoms. The number of nitrogens with zero attached hydrogens (tertiary/aromatic N) is 2. The van der Waals surface area contributed by atoms with E-state index in [0.717, 1.165) is 6.26 Å². The smallest absolute Gasteiger partial charge is 0.225 e. The van der Waals surface area contributed by atoms with Crippen molar-refractivity contribution in [2.75, 3.05) is 18.1 Å². The zero-order valence-electron chi connectivity index (χ0n) is 13.0. The maximum absolute atomic E-state index is 12.0. The first kappa shape index (κ1) is 18.1. The second kappa shape index (κ2) is 7.92. The maximum Gasteiger partial charge on any atom is 0.225 e. The van der Waals surface area contributed by atoms with Crippen molar-refractivity contribution < 1.29 is 13.2 Å². The first-order valence-electron chi connectivity index (χ1n) is 7.05. The van der Waals surface area contributed by atoms with E-state index in [1.807, 2.05) is 19.9 Å². The fourth-order valence-electron chi connectivity index (χ4n) is 2.03. The van der Waals surface area contributed by atoms with Crippen LogP contribution in [-0.2, 0) is 14.8 Å². The highest BCUT2D eigenvalue weighted by Crippen LogP contribution is 2.14. The van der Waals surface area contributed by atoms with E-state index < -0.39 is 10.0 Å². The zero-order valence-corrected chi connectivity index (χ0v) is 13.9. The summed E-state index contributed by atoms with van der Waals surface area (Å²) in [6.07, 6.45) is 1.85. The topological polar surface area (TPSA) is 90.3 Å². The molecule has 1 aromatic rings. The van der Waals surface area contributed by atoms with Gasteiger partial charge in [0.25, 0.3) is 0 Å². The summed E-state index contributed by atoms with van der Waals surface area (Å²) in [6, 6.07) is 8.52. The third-order valence-electron chi connectivity index (χ3n) is 3.39. The van der Waals surface area contributed by atoms with Gasteiger partial charge in [0.2, 0.25) is 15.9 Å². The molecule has 1 atom stereocenters.